The lowest BCUT2D eigenvalue weighted by molar-refractivity contribution is 0.363. The van der Waals surface area contributed by atoms with Gasteiger partial charge in [-0.3, -0.25) is 9.36 Å². The van der Waals surface area contributed by atoms with Gasteiger partial charge in [-0.25, -0.2) is 15.0 Å². The van der Waals surface area contributed by atoms with Crippen LogP contribution in [0.15, 0.2) is 51.0 Å². The second kappa shape index (κ2) is 6.25. The zero-order valence-corrected chi connectivity index (χ0v) is 17.1. The molecule has 32 heavy (non-hydrogen) atoms. The van der Waals surface area contributed by atoms with Crippen LogP contribution >= 0.6 is 0 Å². The lowest BCUT2D eigenvalue weighted by atomic mass is 10.2. The Bertz CT molecular complexity index is 1530. The molecule has 160 valence electrons. The van der Waals surface area contributed by atoms with Crippen LogP contribution in [0, 0.1) is 11.8 Å². The summed E-state index contributed by atoms with van der Waals surface area (Å²) in [6.45, 7) is 2.07. The maximum atomic E-state index is 12.7. The van der Waals surface area contributed by atoms with Crippen LogP contribution in [-0.4, -0.2) is 47.3 Å². The Kier molecular flexibility index (Phi) is 3.45. The van der Waals surface area contributed by atoms with Crippen LogP contribution < -0.4 is 10.5 Å². The molecule has 1 aliphatic carbocycles. The molecule has 0 N–H and O–H groups in total. The maximum absolute atomic E-state index is 12.7. The number of aromatic nitrogens is 7. The molecule has 1 aromatic carbocycles. The molecule has 7 rings (SSSR count). The third-order valence-corrected chi connectivity index (χ3v) is 6.66. The van der Waals surface area contributed by atoms with E-state index in [1.165, 1.54) is 17.3 Å². The average Bonchev–Trinajstić information content (AvgIpc) is 3.38. The highest BCUT2D eigenvalue weighted by Crippen LogP contribution is 2.58. The summed E-state index contributed by atoms with van der Waals surface area (Å²) in [6, 6.07) is 6.11. The number of oxazole rings is 1. The smallest absolute Gasteiger partial charge is 0.280 e. The van der Waals surface area contributed by atoms with Gasteiger partial charge in [0.25, 0.3) is 5.56 Å². The highest BCUT2D eigenvalue weighted by atomic mass is 16.5. The number of hydrogen-bond donors (Lipinski definition) is 0. The second-order valence-corrected chi connectivity index (χ2v) is 8.51. The predicted molar refractivity (Wildman–Crippen MR) is 112 cm³/mol. The molecule has 5 heterocycles. The van der Waals surface area contributed by atoms with Crippen LogP contribution in [0.5, 0.6) is 0 Å². The van der Waals surface area contributed by atoms with E-state index in [1.807, 2.05) is 12.1 Å². The van der Waals surface area contributed by atoms with Gasteiger partial charge in [0, 0.05) is 37.8 Å². The molecule has 0 spiro atoms. The first-order valence-corrected chi connectivity index (χ1v) is 10.4. The van der Waals surface area contributed by atoms with E-state index in [0.717, 1.165) is 35.7 Å². The molecule has 1 unspecified atom stereocenters. The minimum absolute atomic E-state index is 0.183. The summed E-state index contributed by atoms with van der Waals surface area (Å²) in [5.41, 5.74) is 3.51. The van der Waals surface area contributed by atoms with Gasteiger partial charge < -0.3 is 18.4 Å². The first kappa shape index (κ1) is 17.6. The van der Waals surface area contributed by atoms with E-state index < -0.39 is 0 Å². The van der Waals surface area contributed by atoms with Gasteiger partial charge in [-0.05, 0) is 24.0 Å². The van der Waals surface area contributed by atoms with Crippen molar-refractivity contribution in [3.05, 3.63) is 59.3 Å². The number of aryl methyl sites for hydroxylation is 1. The zero-order chi connectivity index (χ0) is 21.4. The van der Waals surface area contributed by atoms with Crippen molar-refractivity contribution in [3.8, 4) is 0 Å². The van der Waals surface area contributed by atoms with Gasteiger partial charge in [-0.2, -0.15) is 4.98 Å². The number of hydrogen-bond acceptors (Lipinski definition) is 9. The lowest BCUT2D eigenvalue weighted by Crippen LogP contribution is -2.23. The average molecular weight is 430 g/mol. The van der Waals surface area contributed by atoms with Crippen molar-refractivity contribution in [2.45, 2.75) is 12.5 Å². The summed E-state index contributed by atoms with van der Waals surface area (Å²) in [5, 5.41) is 4.21. The molecule has 0 amide bonds. The summed E-state index contributed by atoms with van der Waals surface area (Å²) >= 11 is 0. The maximum Gasteiger partial charge on any atom is 0.280 e. The molecule has 1 saturated carbocycles. The van der Waals surface area contributed by atoms with Gasteiger partial charge in [0.05, 0.1) is 6.33 Å². The Morgan fingerprint density at radius 2 is 1.97 bits per heavy atom. The van der Waals surface area contributed by atoms with Crippen molar-refractivity contribution in [2.24, 2.45) is 18.9 Å². The van der Waals surface area contributed by atoms with E-state index in [-0.39, 0.29) is 12.1 Å². The molecule has 11 heteroatoms. The Morgan fingerprint density at radius 1 is 1.12 bits per heavy atom. The van der Waals surface area contributed by atoms with Gasteiger partial charge in [0.2, 0.25) is 5.89 Å². The van der Waals surface area contributed by atoms with Crippen LogP contribution in [0.1, 0.15) is 17.6 Å². The molecule has 11 nitrogen and oxygen atoms in total. The first-order chi connectivity index (χ1) is 15.7. The van der Waals surface area contributed by atoms with Crippen molar-refractivity contribution in [1.82, 2.24) is 34.2 Å². The summed E-state index contributed by atoms with van der Waals surface area (Å²) in [7, 11) is 1.77. The van der Waals surface area contributed by atoms with Crippen molar-refractivity contribution < 1.29 is 8.94 Å². The quantitative estimate of drug-likeness (QED) is 0.418. The molecular weight excluding hydrogens is 412 g/mol. The molecule has 1 aliphatic heterocycles. The molecule has 4 aromatic heterocycles. The SMILES string of the molecule is Cn1cnc2ncn(Cc3nc([C@@H]4C5CN(c6ccc7ncoc7c6)C[C@H]54)no3)c(=O)c21. The third kappa shape index (κ3) is 2.53. The summed E-state index contributed by atoms with van der Waals surface area (Å²) in [5.74, 6) is 2.43. The van der Waals surface area contributed by atoms with Crippen LogP contribution in [0.25, 0.3) is 22.3 Å². The number of rotatable bonds is 4. The van der Waals surface area contributed by atoms with Gasteiger partial charge >= 0.3 is 0 Å². The minimum atomic E-state index is -0.183. The zero-order valence-electron chi connectivity index (χ0n) is 17.1. The van der Waals surface area contributed by atoms with E-state index >= 15 is 0 Å². The number of fused-ring (bicyclic) bond motifs is 3. The summed E-state index contributed by atoms with van der Waals surface area (Å²) in [6.07, 6.45) is 4.52. The lowest BCUT2D eigenvalue weighted by Gasteiger charge is -2.21. The molecule has 1 saturated heterocycles. The fourth-order valence-electron chi connectivity index (χ4n) is 4.96. The minimum Gasteiger partial charge on any atom is -0.443 e. The Labute approximate surface area is 180 Å². The standard InChI is InChI=1S/C21H18N8O3/c1-27-8-22-20-18(27)21(30)29(9-23-20)7-16-25-19(26-32-16)17-12-5-28(6-13(12)17)11-2-3-14-15(4-11)31-10-24-14/h2-4,8-10,12-13,17H,5-7H2,1H3/t12-,13?,17+/m1/s1. The van der Waals surface area contributed by atoms with Gasteiger partial charge in [0.1, 0.15) is 18.4 Å². The van der Waals surface area contributed by atoms with Crippen molar-refractivity contribution >= 4 is 28.0 Å². The monoisotopic (exact) mass is 430 g/mol. The number of imidazole rings is 1. The number of benzene rings is 1. The Hall–Kier alpha value is -4.02. The van der Waals surface area contributed by atoms with Crippen LogP contribution in [0.2, 0.25) is 0 Å². The van der Waals surface area contributed by atoms with Crippen molar-refractivity contribution in [3.63, 3.8) is 0 Å². The van der Waals surface area contributed by atoms with E-state index in [2.05, 4.69) is 36.1 Å². The highest BCUT2D eigenvalue weighted by Gasteiger charge is 2.58. The van der Waals surface area contributed by atoms with Gasteiger partial charge in [0.15, 0.2) is 29.0 Å². The topological polar surface area (TPSA) is 121 Å². The molecule has 2 fully saturated rings. The highest BCUT2D eigenvalue weighted by molar-refractivity contribution is 5.77. The predicted octanol–water partition coefficient (Wildman–Crippen LogP) is 1.55. The fraction of sp³-hybridized carbons (Fsp3) is 0.333. The van der Waals surface area contributed by atoms with Crippen LogP contribution in [0.4, 0.5) is 5.69 Å². The van der Waals surface area contributed by atoms with Gasteiger partial charge in [-0.15, -0.1) is 0 Å². The van der Waals surface area contributed by atoms with E-state index in [9.17, 15) is 4.79 Å². The van der Waals surface area contributed by atoms with E-state index in [4.69, 9.17) is 8.94 Å². The number of piperidine rings is 1. The van der Waals surface area contributed by atoms with Crippen molar-refractivity contribution in [1.29, 1.82) is 0 Å². The molecule has 2 aliphatic rings. The van der Waals surface area contributed by atoms with E-state index in [1.54, 1.807) is 17.9 Å². The molecule has 0 bridgehead atoms. The second-order valence-electron chi connectivity index (χ2n) is 8.51. The normalized spacial score (nSPS) is 22.2. The molecule has 0 radical (unpaired) electrons. The summed E-state index contributed by atoms with van der Waals surface area (Å²) < 4.78 is 14.0. The van der Waals surface area contributed by atoms with Gasteiger partial charge in [-0.1, -0.05) is 5.16 Å². The molecule has 3 atom stereocenters. The van der Waals surface area contributed by atoms with Crippen LogP contribution in [0.3, 0.4) is 0 Å². The van der Waals surface area contributed by atoms with E-state index in [0.29, 0.717) is 34.8 Å². The van der Waals surface area contributed by atoms with Crippen molar-refractivity contribution in [2.75, 3.05) is 18.0 Å². The largest absolute Gasteiger partial charge is 0.443 e. The Balaban J connectivity index is 1.07. The van der Waals surface area contributed by atoms with Crippen LogP contribution in [-0.2, 0) is 13.6 Å². The first-order valence-electron chi connectivity index (χ1n) is 10.4. The molecule has 5 aromatic rings. The molecular formula is C21H18N8O3. The Morgan fingerprint density at radius 3 is 2.84 bits per heavy atom. The number of nitrogens with zero attached hydrogens (tertiary/aromatic N) is 8. The number of anilines is 1. The fourth-order valence-corrected chi connectivity index (χ4v) is 4.96. The summed E-state index contributed by atoms with van der Waals surface area (Å²) in [4.78, 5) is 32.2. The third-order valence-electron chi connectivity index (χ3n) is 6.66.